The van der Waals surface area contributed by atoms with Crippen molar-refractivity contribution in [3.8, 4) is 11.4 Å². The molecule has 3 aromatic heterocycles. The summed E-state index contributed by atoms with van der Waals surface area (Å²) in [5.74, 6) is 0.384. The summed E-state index contributed by atoms with van der Waals surface area (Å²) in [7, 11) is 1.57. The van der Waals surface area contributed by atoms with Gasteiger partial charge in [0.2, 0.25) is 5.91 Å². The Labute approximate surface area is 208 Å². The van der Waals surface area contributed by atoms with Gasteiger partial charge < -0.3 is 24.8 Å². The molecule has 4 heterocycles. The number of aromatic nitrogens is 3. The fourth-order valence-corrected chi connectivity index (χ4v) is 4.78. The highest BCUT2D eigenvalue weighted by Crippen LogP contribution is 2.43. The van der Waals surface area contributed by atoms with Gasteiger partial charge in [0.1, 0.15) is 11.8 Å². The Bertz CT molecular complexity index is 1360. The highest BCUT2D eigenvalue weighted by Gasteiger charge is 2.42. The van der Waals surface area contributed by atoms with Crippen LogP contribution in [0.3, 0.4) is 0 Å². The number of amides is 1. The molecule has 9 heteroatoms. The summed E-state index contributed by atoms with van der Waals surface area (Å²) < 4.78 is 7.56. The van der Waals surface area contributed by atoms with Crippen LogP contribution >= 0.6 is 12.2 Å². The minimum absolute atomic E-state index is 0.184. The maximum absolute atomic E-state index is 11.8. The number of hydrogen-bond donors (Lipinski definition) is 2. The lowest BCUT2D eigenvalue weighted by Crippen LogP contribution is -2.30. The number of benzene rings is 1. The van der Waals surface area contributed by atoms with Crippen molar-refractivity contribution in [2.75, 3.05) is 17.3 Å². The zero-order valence-corrected chi connectivity index (χ0v) is 20.1. The Kier molecular flexibility index (Phi) is 6.15. The van der Waals surface area contributed by atoms with Gasteiger partial charge in [-0.25, -0.2) is 0 Å². The van der Waals surface area contributed by atoms with E-state index < -0.39 is 0 Å². The Morgan fingerprint density at radius 1 is 1.09 bits per heavy atom. The van der Waals surface area contributed by atoms with Crippen LogP contribution in [0.2, 0.25) is 0 Å². The molecule has 176 valence electrons. The van der Waals surface area contributed by atoms with Gasteiger partial charge in [0, 0.05) is 36.9 Å². The molecule has 1 aromatic carbocycles. The molecule has 4 aromatic rings. The summed E-state index contributed by atoms with van der Waals surface area (Å²) in [6.07, 6.45) is 7.37. The molecule has 2 atom stereocenters. The Morgan fingerprint density at radius 3 is 2.69 bits per heavy atom. The highest BCUT2D eigenvalue weighted by atomic mass is 32.1. The van der Waals surface area contributed by atoms with Crippen LogP contribution in [-0.2, 0) is 4.79 Å². The summed E-state index contributed by atoms with van der Waals surface area (Å²) in [6.45, 7) is 1.47. The van der Waals surface area contributed by atoms with Gasteiger partial charge in [-0.05, 0) is 66.8 Å². The van der Waals surface area contributed by atoms with Gasteiger partial charge in [-0.2, -0.15) is 0 Å². The number of methoxy groups -OCH3 is 1. The molecule has 8 nitrogen and oxygen atoms in total. The second-order valence-corrected chi connectivity index (χ2v) is 8.46. The van der Waals surface area contributed by atoms with Crippen molar-refractivity contribution in [1.29, 1.82) is 0 Å². The lowest BCUT2D eigenvalue weighted by molar-refractivity contribution is -0.114. The SMILES string of the molecule is COc1ccc(N2C(=S)NC(c3ccccn3)C2c2cccn2-c2cccnc2)cc1NC(C)=O. The third-order valence-electron chi connectivity index (χ3n) is 5.88. The minimum Gasteiger partial charge on any atom is -0.495 e. The fourth-order valence-electron chi connectivity index (χ4n) is 4.43. The molecule has 0 saturated carbocycles. The molecule has 0 bridgehead atoms. The molecule has 2 unspecified atom stereocenters. The molecule has 2 N–H and O–H groups in total. The van der Waals surface area contributed by atoms with E-state index in [1.807, 2.05) is 67.0 Å². The molecule has 1 fully saturated rings. The van der Waals surface area contributed by atoms with E-state index in [1.165, 1.54) is 6.92 Å². The number of anilines is 2. The summed E-state index contributed by atoms with van der Waals surface area (Å²) in [6, 6.07) is 19.1. The zero-order valence-electron chi connectivity index (χ0n) is 19.3. The fraction of sp³-hybridized carbons (Fsp3) is 0.154. The van der Waals surface area contributed by atoms with Gasteiger partial charge >= 0.3 is 0 Å². The first-order valence-corrected chi connectivity index (χ1v) is 11.5. The predicted octanol–water partition coefficient (Wildman–Crippen LogP) is 4.41. The molecule has 1 aliphatic rings. The van der Waals surface area contributed by atoms with Crippen molar-refractivity contribution in [3.05, 3.63) is 96.8 Å². The number of carbonyl (C=O) groups excluding carboxylic acids is 1. The van der Waals surface area contributed by atoms with Crippen molar-refractivity contribution >= 4 is 34.6 Å². The molecule has 35 heavy (non-hydrogen) atoms. The van der Waals surface area contributed by atoms with E-state index in [1.54, 1.807) is 19.5 Å². The molecule has 0 spiro atoms. The summed E-state index contributed by atoms with van der Waals surface area (Å²) in [4.78, 5) is 22.8. The molecule has 1 amide bonds. The number of ether oxygens (including phenoxy) is 1. The second-order valence-electron chi connectivity index (χ2n) is 8.08. The van der Waals surface area contributed by atoms with Crippen molar-refractivity contribution in [2.45, 2.75) is 19.0 Å². The monoisotopic (exact) mass is 484 g/mol. The molecule has 1 aliphatic heterocycles. The van der Waals surface area contributed by atoms with Crippen molar-refractivity contribution < 1.29 is 9.53 Å². The van der Waals surface area contributed by atoms with E-state index in [2.05, 4.69) is 36.1 Å². The molecule has 0 aliphatic carbocycles. The van der Waals surface area contributed by atoms with Gasteiger partial charge in [0.25, 0.3) is 0 Å². The number of nitrogens with zero attached hydrogens (tertiary/aromatic N) is 4. The Hall–Kier alpha value is -4.24. The predicted molar refractivity (Wildman–Crippen MR) is 139 cm³/mol. The van der Waals surface area contributed by atoms with E-state index in [-0.39, 0.29) is 18.0 Å². The van der Waals surface area contributed by atoms with Gasteiger partial charge in [-0.15, -0.1) is 0 Å². The van der Waals surface area contributed by atoms with Gasteiger partial charge in [0.15, 0.2) is 5.11 Å². The smallest absolute Gasteiger partial charge is 0.221 e. The first-order valence-electron chi connectivity index (χ1n) is 11.1. The molecule has 1 saturated heterocycles. The van der Waals surface area contributed by atoms with Crippen LogP contribution in [-0.4, -0.2) is 32.7 Å². The lowest BCUT2D eigenvalue weighted by Gasteiger charge is -2.29. The average Bonchev–Trinajstić information content (AvgIpc) is 3.49. The van der Waals surface area contributed by atoms with Crippen LogP contribution in [0.5, 0.6) is 5.75 Å². The molecular formula is C26H24N6O2S. The van der Waals surface area contributed by atoms with Gasteiger partial charge in [0.05, 0.1) is 36.4 Å². The summed E-state index contributed by atoms with van der Waals surface area (Å²) in [5, 5.41) is 6.88. The topological polar surface area (TPSA) is 84.3 Å². The molecular weight excluding hydrogens is 460 g/mol. The minimum atomic E-state index is -0.230. The number of rotatable bonds is 6. The van der Waals surface area contributed by atoms with Crippen LogP contribution in [0.25, 0.3) is 5.69 Å². The summed E-state index contributed by atoms with van der Waals surface area (Å²) in [5.41, 5.74) is 4.21. The second kappa shape index (κ2) is 9.55. The van der Waals surface area contributed by atoms with Crippen LogP contribution < -0.4 is 20.3 Å². The van der Waals surface area contributed by atoms with Crippen LogP contribution in [0.15, 0.2) is 85.5 Å². The van der Waals surface area contributed by atoms with Gasteiger partial charge in [-0.1, -0.05) is 6.07 Å². The van der Waals surface area contributed by atoms with E-state index >= 15 is 0 Å². The van der Waals surface area contributed by atoms with E-state index in [9.17, 15) is 4.79 Å². The summed E-state index contributed by atoms with van der Waals surface area (Å²) >= 11 is 5.85. The van der Waals surface area contributed by atoms with Crippen LogP contribution in [0.4, 0.5) is 11.4 Å². The molecule has 5 rings (SSSR count). The third-order valence-corrected chi connectivity index (χ3v) is 6.19. The number of pyridine rings is 2. The van der Waals surface area contributed by atoms with E-state index in [0.717, 1.165) is 22.8 Å². The zero-order chi connectivity index (χ0) is 24.4. The maximum atomic E-state index is 11.8. The number of nitrogens with one attached hydrogen (secondary N) is 2. The van der Waals surface area contributed by atoms with Crippen molar-refractivity contribution in [1.82, 2.24) is 19.9 Å². The van der Waals surface area contributed by atoms with E-state index in [0.29, 0.717) is 16.5 Å². The number of thiocarbonyl (C=S) groups is 1. The normalized spacial score (nSPS) is 17.2. The number of hydrogen-bond acceptors (Lipinski definition) is 5. The molecule has 0 radical (unpaired) electrons. The van der Waals surface area contributed by atoms with Crippen molar-refractivity contribution in [3.63, 3.8) is 0 Å². The first kappa shape index (κ1) is 22.5. The maximum Gasteiger partial charge on any atom is 0.221 e. The lowest BCUT2D eigenvalue weighted by atomic mass is 10.0. The highest BCUT2D eigenvalue weighted by molar-refractivity contribution is 7.80. The Morgan fingerprint density at radius 2 is 1.97 bits per heavy atom. The van der Waals surface area contributed by atoms with Gasteiger partial charge in [-0.3, -0.25) is 14.8 Å². The quantitative estimate of drug-likeness (QED) is 0.392. The van der Waals surface area contributed by atoms with Crippen LogP contribution in [0.1, 0.15) is 30.4 Å². The van der Waals surface area contributed by atoms with E-state index in [4.69, 9.17) is 17.0 Å². The standard InChI is InChI=1S/C26H24N6O2S/c1-17(33)29-21-15-18(10-11-23(21)34-2)32-25(24(30-26(32)35)20-8-3-4-13-28-20)22-9-6-14-31(22)19-7-5-12-27-16-19/h3-16,24-25H,1-2H3,(H,29,33)(H,30,35). The third kappa shape index (κ3) is 4.33. The van der Waals surface area contributed by atoms with Crippen LogP contribution in [0, 0.1) is 0 Å². The number of carbonyl (C=O) groups is 1. The largest absolute Gasteiger partial charge is 0.495 e. The first-order chi connectivity index (χ1) is 17.1. The Balaban J connectivity index is 1.66. The van der Waals surface area contributed by atoms with Crippen molar-refractivity contribution in [2.24, 2.45) is 0 Å². The average molecular weight is 485 g/mol.